The van der Waals surface area contributed by atoms with Crippen molar-refractivity contribution in [1.82, 2.24) is 0 Å². The minimum Gasteiger partial charge on any atom is -0.325 e. The van der Waals surface area contributed by atoms with Gasteiger partial charge in [-0.15, -0.1) is 0 Å². The Morgan fingerprint density at radius 3 is 2.36 bits per heavy atom. The Hall–Kier alpha value is -0.180. The second-order valence-corrected chi connectivity index (χ2v) is 5.24. The Morgan fingerprint density at radius 1 is 1.14 bits per heavy atom. The molecule has 0 radical (unpaired) electrons. The third-order valence-corrected chi connectivity index (χ3v) is 3.79. The van der Waals surface area contributed by atoms with Crippen LogP contribution in [0.3, 0.4) is 0 Å². The van der Waals surface area contributed by atoms with Crippen LogP contribution < -0.4 is 5.73 Å². The van der Waals surface area contributed by atoms with Gasteiger partial charge in [0.25, 0.3) is 0 Å². The third-order valence-electron chi connectivity index (χ3n) is 3.79. The van der Waals surface area contributed by atoms with Crippen molar-refractivity contribution < 1.29 is 8.78 Å². The van der Waals surface area contributed by atoms with E-state index in [1.165, 1.54) is 6.42 Å². The van der Waals surface area contributed by atoms with E-state index in [4.69, 9.17) is 5.73 Å². The summed E-state index contributed by atoms with van der Waals surface area (Å²) in [6.07, 6.45) is 5.86. The van der Waals surface area contributed by atoms with Gasteiger partial charge >= 0.3 is 0 Å². The van der Waals surface area contributed by atoms with E-state index in [1.807, 2.05) is 0 Å². The fraction of sp³-hybridized carbons (Fsp3) is 1.00. The van der Waals surface area contributed by atoms with Crippen LogP contribution in [-0.2, 0) is 0 Å². The zero-order valence-electron chi connectivity index (χ0n) is 8.57. The van der Waals surface area contributed by atoms with Crippen LogP contribution in [0, 0.1) is 5.92 Å². The van der Waals surface area contributed by atoms with Gasteiger partial charge < -0.3 is 5.73 Å². The standard InChI is InChI=1S/C11H19F2N/c12-11(13)6-1-3-9(8-11)7-10(14)4-2-5-10/h9H,1-8,14H2. The van der Waals surface area contributed by atoms with Crippen molar-refractivity contribution in [2.45, 2.75) is 62.8 Å². The van der Waals surface area contributed by atoms with E-state index in [0.29, 0.717) is 6.42 Å². The molecule has 14 heavy (non-hydrogen) atoms. The fourth-order valence-electron chi connectivity index (χ4n) is 2.86. The summed E-state index contributed by atoms with van der Waals surface area (Å²) < 4.78 is 26.2. The van der Waals surface area contributed by atoms with E-state index in [1.54, 1.807) is 0 Å². The van der Waals surface area contributed by atoms with Crippen molar-refractivity contribution >= 4 is 0 Å². The lowest BCUT2D eigenvalue weighted by Gasteiger charge is -2.42. The fourth-order valence-corrected chi connectivity index (χ4v) is 2.86. The molecule has 0 aromatic carbocycles. The minimum atomic E-state index is -2.41. The second-order valence-electron chi connectivity index (χ2n) is 5.24. The van der Waals surface area contributed by atoms with Crippen LogP contribution in [-0.4, -0.2) is 11.5 Å². The maximum atomic E-state index is 13.1. The van der Waals surface area contributed by atoms with Crippen molar-refractivity contribution in [2.75, 3.05) is 0 Å². The molecule has 0 saturated heterocycles. The van der Waals surface area contributed by atoms with Crippen LogP contribution in [0.25, 0.3) is 0 Å². The average molecular weight is 203 g/mol. The molecule has 2 rings (SSSR count). The van der Waals surface area contributed by atoms with Gasteiger partial charge in [-0.3, -0.25) is 0 Å². The molecule has 2 N–H and O–H groups in total. The largest absolute Gasteiger partial charge is 0.325 e. The first-order valence-corrected chi connectivity index (χ1v) is 5.66. The quantitative estimate of drug-likeness (QED) is 0.733. The molecule has 0 heterocycles. The van der Waals surface area contributed by atoms with Crippen LogP contribution in [0.15, 0.2) is 0 Å². The van der Waals surface area contributed by atoms with Crippen LogP contribution in [0.4, 0.5) is 8.78 Å². The highest BCUT2D eigenvalue weighted by Gasteiger charge is 2.41. The molecule has 2 aliphatic carbocycles. The van der Waals surface area contributed by atoms with Gasteiger partial charge in [-0.25, -0.2) is 8.78 Å². The first-order chi connectivity index (χ1) is 6.49. The molecule has 2 fully saturated rings. The highest BCUT2D eigenvalue weighted by atomic mass is 19.3. The lowest BCUT2D eigenvalue weighted by atomic mass is 9.69. The summed E-state index contributed by atoms with van der Waals surface area (Å²) in [6.45, 7) is 0. The monoisotopic (exact) mass is 203 g/mol. The molecule has 3 heteroatoms. The Bertz CT molecular complexity index is 211. The number of rotatable bonds is 2. The predicted octanol–water partition coefficient (Wildman–Crippen LogP) is 3.08. The summed E-state index contributed by atoms with van der Waals surface area (Å²) in [5.41, 5.74) is 5.99. The Balaban J connectivity index is 1.86. The SMILES string of the molecule is NC1(CC2CCCC(F)(F)C2)CCC1. The van der Waals surface area contributed by atoms with Crippen LogP contribution >= 0.6 is 0 Å². The van der Waals surface area contributed by atoms with Crippen molar-refractivity contribution in [2.24, 2.45) is 11.7 Å². The minimum absolute atomic E-state index is 0.0753. The molecule has 0 amide bonds. The van der Waals surface area contributed by atoms with Crippen molar-refractivity contribution in [3.05, 3.63) is 0 Å². The lowest BCUT2D eigenvalue weighted by Crippen LogP contribution is -2.48. The summed E-state index contributed by atoms with van der Waals surface area (Å²) in [5.74, 6) is -2.24. The highest BCUT2D eigenvalue weighted by Crippen LogP contribution is 2.43. The highest BCUT2D eigenvalue weighted by molar-refractivity contribution is 4.95. The van der Waals surface area contributed by atoms with E-state index >= 15 is 0 Å². The number of halogens is 2. The summed E-state index contributed by atoms with van der Waals surface area (Å²) in [5, 5.41) is 0. The molecule has 0 aromatic heterocycles. The Kier molecular flexibility index (Phi) is 2.54. The predicted molar refractivity (Wildman–Crippen MR) is 52.3 cm³/mol. The zero-order valence-corrected chi connectivity index (χ0v) is 8.57. The topological polar surface area (TPSA) is 26.0 Å². The van der Waals surface area contributed by atoms with Gasteiger partial charge in [0.15, 0.2) is 0 Å². The summed E-state index contributed by atoms with van der Waals surface area (Å²) in [6, 6.07) is 0. The van der Waals surface area contributed by atoms with E-state index in [0.717, 1.165) is 25.7 Å². The normalized spacial score (nSPS) is 34.9. The van der Waals surface area contributed by atoms with E-state index in [2.05, 4.69) is 0 Å². The van der Waals surface area contributed by atoms with Gasteiger partial charge in [-0.05, 0) is 44.4 Å². The molecule has 0 bridgehead atoms. The van der Waals surface area contributed by atoms with E-state index in [-0.39, 0.29) is 24.3 Å². The van der Waals surface area contributed by atoms with Crippen molar-refractivity contribution in [1.29, 1.82) is 0 Å². The van der Waals surface area contributed by atoms with Gasteiger partial charge in [0.05, 0.1) is 0 Å². The first-order valence-electron chi connectivity index (χ1n) is 5.66. The summed E-state index contributed by atoms with van der Waals surface area (Å²) >= 11 is 0. The molecule has 0 aliphatic heterocycles. The molecular formula is C11H19F2N. The van der Waals surface area contributed by atoms with E-state index < -0.39 is 5.92 Å². The maximum Gasteiger partial charge on any atom is 0.248 e. The number of nitrogens with two attached hydrogens (primary N) is 1. The molecule has 2 aliphatic rings. The summed E-state index contributed by atoms with van der Waals surface area (Å²) in [4.78, 5) is 0. The smallest absolute Gasteiger partial charge is 0.248 e. The maximum absolute atomic E-state index is 13.1. The van der Waals surface area contributed by atoms with Gasteiger partial charge in [0.1, 0.15) is 0 Å². The van der Waals surface area contributed by atoms with E-state index in [9.17, 15) is 8.78 Å². The molecule has 0 spiro atoms. The lowest BCUT2D eigenvalue weighted by molar-refractivity contribution is -0.0585. The number of hydrogen-bond acceptors (Lipinski definition) is 1. The summed E-state index contributed by atoms with van der Waals surface area (Å²) in [7, 11) is 0. The second kappa shape index (κ2) is 3.44. The third kappa shape index (κ3) is 2.25. The van der Waals surface area contributed by atoms with Crippen LogP contribution in [0.1, 0.15) is 51.4 Å². The molecule has 82 valence electrons. The number of hydrogen-bond donors (Lipinski definition) is 1. The zero-order chi connectivity index (χ0) is 10.2. The molecule has 1 nitrogen and oxygen atoms in total. The van der Waals surface area contributed by atoms with Gasteiger partial charge in [0, 0.05) is 18.4 Å². The Labute approximate surface area is 84.0 Å². The average Bonchev–Trinajstić information content (AvgIpc) is 1.99. The van der Waals surface area contributed by atoms with Crippen LogP contribution in [0.2, 0.25) is 0 Å². The first kappa shape index (κ1) is 10.3. The van der Waals surface area contributed by atoms with Crippen LogP contribution in [0.5, 0.6) is 0 Å². The Morgan fingerprint density at radius 2 is 1.86 bits per heavy atom. The molecular weight excluding hydrogens is 184 g/mol. The van der Waals surface area contributed by atoms with Crippen molar-refractivity contribution in [3.63, 3.8) is 0 Å². The molecule has 1 atom stereocenters. The van der Waals surface area contributed by atoms with Gasteiger partial charge in [0.2, 0.25) is 5.92 Å². The molecule has 1 unspecified atom stereocenters. The van der Waals surface area contributed by atoms with Gasteiger partial charge in [-0.2, -0.15) is 0 Å². The molecule has 2 saturated carbocycles. The number of alkyl halides is 2. The molecule has 0 aromatic rings. The van der Waals surface area contributed by atoms with Gasteiger partial charge in [-0.1, -0.05) is 0 Å². The van der Waals surface area contributed by atoms with Crippen molar-refractivity contribution in [3.8, 4) is 0 Å².